The lowest BCUT2D eigenvalue weighted by molar-refractivity contribution is 0.00578. The number of benzene rings is 1. The zero-order valence-electron chi connectivity index (χ0n) is 11.1. The van der Waals surface area contributed by atoms with Crippen LogP contribution in [0.3, 0.4) is 0 Å². The van der Waals surface area contributed by atoms with Crippen molar-refractivity contribution < 1.29 is 19.2 Å². The topological polar surface area (TPSA) is 55.8 Å². The molecular weight excluding hydrogens is 231 g/mol. The van der Waals surface area contributed by atoms with E-state index in [1.807, 2.05) is 27.7 Å². The second-order valence-corrected chi connectivity index (χ2v) is 5.52. The molecule has 0 spiro atoms. The van der Waals surface area contributed by atoms with Gasteiger partial charge in [0.05, 0.1) is 11.2 Å². The number of phenols is 1. The SMILES string of the molecule is CC1(C)OB(c2cc(C=O)ccc2O)OC1(C)C. The fourth-order valence-corrected chi connectivity index (χ4v) is 1.81. The Hall–Kier alpha value is -1.33. The van der Waals surface area contributed by atoms with Crippen molar-refractivity contribution in [3.8, 4) is 5.75 Å². The quantitative estimate of drug-likeness (QED) is 0.636. The van der Waals surface area contributed by atoms with Crippen molar-refractivity contribution in [1.82, 2.24) is 0 Å². The van der Waals surface area contributed by atoms with Crippen LogP contribution in [0.25, 0.3) is 0 Å². The minimum atomic E-state index is -0.658. The van der Waals surface area contributed by atoms with Gasteiger partial charge in [0.15, 0.2) is 0 Å². The molecule has 0 aliphatic carbocycles. The standard InChI is InChI=1S/C13H17BO4/c1-12(2)13(3,4)18-14(17-12)10-7-9(8-15)5-6-11(10)16/h5-8,16H,1-4H3. The van der Waals surface area contributed by atoms with Gasteiger partial charge in [0.25, 0.3) is 0 Å². The zero-order valence-corrected chi connectivity index (χ0v) is 11.1. The Bertz CT molecular complexity index is 466. The maximum atomic E-state index is 10.8. The van der Waals surface area contributed by atoms with Gasteiger partial charge in [-0.3, -0.25) is 4.79 Å². The van der Waals surface area contributed by atoms with E-state index >= 15 is 0 Å². The minimum Gasteiger partial charge on any atom is -0.508 e. The minimum absolute atomic E-state index is 0.0686. The Morgan fingerprint density at radius 3 is 2.22 bits per heavy atom. The number of rotatable bonds is 2. The maximum absolute atomic E-state index is 10.8. The lowest BCUT2D eigenvalue weighted by Gasteiger charge is -2.32. The fraction of sp³-hybridized carbons (Fsp3) is 0.462. The van der Waals surface area contributed by atoms with Gasteiger partial charge in [-0.2, -0.15) is 0 Å². The molecule has 4 nitrogen and oxygen atoms in total. The molecule has 1 aromatic carbocycles. The number of carbonyl (C=O) groups excluding carboxylic acids is 1. The molecule has 0 atom stereocenters. The van der Waals surface area contributed by atoms with Crippen LogP contribution in [0.4, 0.5) is 0 Å². The van der Waals surface area contributed by atoms with Crippen LogP contribution in [0, 0.1) is 0 Å². The number of carbonyl (C=O) groups is 1. The summed E-state index contributed by atoms with van der Waals surface area (Å²) in [5.41, 5.74) is 0.0264. The van der Waals surface area contributed by atoms with Gasteiger partial charge in [-0.05, 0) is 45.9 Å². The molecular formula is C13H17BO4. The predicted octanol–water partition coefficient (Wildman–Crippen LogP) is 1.50. The van der Waals surface area contributed by atoms with E-state index in [4.69, 9.17) is 9.31 Å². The van der Waals surface area contributed by atoms with E-state index in [0.717, 1.165) is 6.29 Å². The van der Waals surface area contributed by atoms with Gasteiger partial charge < -0.3 is 14.4 Å². The summed E-state index contributed by atoms with van der Waals surface area (Å²) < 4.78 is 11.7. The second-order valence-electron chi connectivity index (χ2n) is 5.52. The molecule has 1 N–H and O–H groups in total. The van der Waals surface area contributed by atoms with Crippen LogP contribution < -0.4 is 5.46 Å². The number of hydrogen-bond donors (Lipinski definition) is 1. The molecule has 0 aromatic heterocycles. The molecule has 0 radical (unpaired) electrons. The molecule has 1 saturated heterocycles. The van der Waals surface area contributed by atoms with Crippen LogP contribution in [-0.2, 0) is 9.31 Å². The predicted molar refractivity (Wildman–Crippen MR) is 69.2 cm³/mol. The van der Waals surface area contributed by atoms with Crippen LogP contribution in [-0.4, -0.2) is 29.7 Å². The average Bonchev–Trinajstić information content (AvgIpc) is 2.48. The highest BCUT2D eigenvalue weighted by Gasteiger charge is 2.52. The molecule has 0 bridgehead atoms. The molecule has 0 amide bonds. The number of aldehydes is 1. The normalized spacial score (nSPS) is 21.0. The van der Waals surface area contributed by atoms with Gasteiger partial charge >= 0.3 is 7.12 Å². The second kappa shape index (κ2) is 4.11. The van der Waals surface area contributed by atoms with Crippen LogP contribution in [0.2, 0.25) is 0 Å². The van der Waals surface area contributed by atoms with Gasteiger partial charge in [0.1, 0.15) is 12.0 Å². The molecule has 1 heterocycles. The summed E-state index contributed by atoms with van der Waals surface area (Å²) in [7, 11) is -0.658. The van der Waals surface area contributed by atoms with Crippen LogP contribution >= 0.6 is 0 Å². The molecule has 18 heavy (non-hydrogen) atoms. The molecule has 0 saturated carbocycles. The summed E-state index contributed by atoms with van der Waals surface area (Å²) >= 11 is 0. The summed E-state index contributed by atoms with van der Waals surface area (Å²) in [6.45, 7) is 7.75. The summed E-state index contributed by atoms with van der Waals surface area (Å²) in [6, 6.07) is 4.62. The molecule has 1 aromatic rings. The number of aromatic hydroxyl groups is 1. The van der Waals surface area contributed by atoms with Crippen molar-refractivity contribution in [1.29, 1.82) is 0 Å². The maximum Gasteiger partial charge on any atom is 0.498 e. The van der Waals surface area contributed by atoms with Gasteiger partial charge in [0, 0.05) is 11.0 Å². The average molecular weight is 248 g/mol. The molecule has 5 heteroatoms. The zero-order chi connectivity index (χ0) is 13.6. The van der Waals surface area contributed by atoms with Gasteiger partial charge in [-0.25, -0.2) is 0 Å². The van der Waals surface area contributed by atoms with Crippen molar-refractivity contribution in [2.24, 2.45) is 0 Å². The first-order valence-electron chi connectivity index (χ1n) is 5.90. The van der Waals surface area contributed by atoms with E-state index in [9.17, 15) is 9.90 Å². The van der Waals surface area contributed by atoms with Crippen molar-refractivity contribution in [3.63, 3.8) is 0 Å². The van der Waals surface area contributed by atoms with Gasteiger partial charge in [0.2, 0.25) is 0 Å². The monoisotopic (exact) mass is 248 g/mol. The molecule has 2 rings (SSSR count). The highest BCUT2D eigenvalue weighted by Crippen LogP contribution is 2.37. The van der Waals surface area contributed by atoms with E-state index in [1.165, 1.54) is 6.07 Å². The molecule has 0 unspecified atom stereocenters. The van der Waals surface area contributed by atoms with E-state index in [0.29, 0.717) is 11.0 Å². The van der Waals surface area contributed by atoms with Gasteiger partial charge in [-0.15, -0.1) is 0 Å². The van der Waals surface area contributed by atoms with E-state index in [2.05, 4.69) is 0 Å². The van der Waals surface area contributed by atoms with Crippen molar-refractivity contribution in [2.45, 2.75) is 38.9 Å². The Kier molecular flexibility index (Phi) is 2.99. The van der Waals surface area contributed by atoms with Crippen LogP contribution in [0.1, 0.15) is 38.1 Å². The Morgan fingerprint density at radius 2 is 1.72 bits per heavy atom. The third-order valence-electron chi connectivity index (χ3n) is 3.69. The van der Waals surface area contributed by atoms with Gasteiger partial charge in [-0.1, -0.05) is 0 Å². The smallest absolute Gasteiger partial charge is 0.498 e. The highest BCUT2D eigenvalue weighted by atomic mass is 16.7. The van der Waals surface area contributed by atoms with Crippen molar-refractivity contribution >= 4 is 18.9 Å². The molecule has 1 fully saturated rings. The Morgan fingerprint density at radius 1 is 1.17 bits per heavy atom. The first kappa shape index (κ1) is 13.1. The summed E-state index contributed by atoms with van der Waals surface area (Å²) in [5, 5.41) is 9.86. The third-order valence-corrected chi connectivity index (χ3v) is 3.69. The number of hydrogen-bond acceptors (Lipinski definition) is 4. The molecule has 1 aliphatic rings. The molecule has 96 valence electrons. The van der Waals surface area contributed by atoms with Crippen molar-refractivity contribution in [3.05, 3.63) is 23.8 Å². The number of phenolic OH excluding ortho intramolecular Hbond substituents is 1. The highest BCUT2D eigenvalue weighted by molar-refractivity contribution is 6.63. The van der Waals surface area contributed by atoms with E-state index in [-0.39, 0.29) is 5.75 Å². The molecule has 1 aliphatic heterocycles. The van der Waals surface area contributed by atoms with E-state index in [1.54, 1.807) is 12.1 Å². The first-order valence-corrected chi connectivity index (χ1v) is 5.90. The largest absolute Gasteiger partial charge is 0.508 e. The first-order chi connectivity index (χ1) is 8.27. The van der Waals surface area contributed by atoms with Crippen LogP contribution in [0.5, 0.6) is 5.75 Å². The van der Waals surface area contributed by atoms with Crippen LogP contribution in [0.15, 0.2) is 18.2 Å². The third kappa shape index (κ3) is 2.04. The fourth-order valence-electron chi connectivity index (χ4n) is 1.81. The Labute approximate surface area is 107 Å². The summed E-state index contributed by atoms with van der Waals surface area (Å²) in [6.07, 6.45) is 0.730. The Balaban J connectivity index is 2.37. The summed E-state index contributed by atoms with van der Waals surface area (Å²) in [5.74, 6) is 0.0686. The lowest BCUT2D eigenvalue weighted by atomic mass is 9.77. The van der Waals surface area contributed by atoms with Crippen molar-refractivity contribution in [2.75, 3.05) is 0 Å². The lowest BCUT2D eigenvalue weighted by Crippen LogP contribution is -2.41. The summed E-state index contributed by atoms with van der Waals surface area (Å²) in [4.78, 5) is 10.8. The van der Waals surface area contributed by atoms with E-state index < -0.39 is 18.3 Å².